The number of nitrogens with two attached hydrogens (primary N) is 1. The second-order valence-corrected chi connectivity index (χ2v) is 10.0. The molecule has 2 aliphatic heterocycles. The van der Waals surface area contributed by atoms with Gasteiger partial charge >= 0.3 is 6.09 Å². The quantitative estimate of drug-likeness (QED) is 0.675. The first-order chi connectivity index (χ1) is 14.9. The SMILES string of the molecule is Cc1cc(-n2nc3c(c2N)[C@H](C)N(C(=O)OC(C)(C)C)CC32CCCCO2)cc(C)c1F. The number of aromatic nitrogens is 2. The van der Waals surface area contributed by atoms with Gasteiger partial charge < -0.3 is 15.2 Å². The second kappa shape index (κ2) is 7.76. The van der Waals surface area contributed by atoms with Crippen molar-refractivity contribution in [1.29, 1.82) is 0 Å². The molecule has 0 saturated carbocycles. The number of hydrogen-bond donors (Lipinski definition) is 1. The van der Waals surface area contributed by atoms with Gasteiger partial charge in [0.2, 0.25) is 0 Å². The van der Waals surface area contributed by atoms with Crippen molar-refractivity contribution in [1.82, 2.24) is 14.7 Å². The number of nitrogen functional groups attached to an aromatic ring is 1. The standard InChI is InChI=1S/C24H33FN4O3/c1-14-11-17(12-15(2)19(14)25)29-21(26)18-16(3)28(22(30)32-23(4,5)6)13-24(20(18)27-29)9-7-8-10-31-24/h11-12,16H,7-10,13,26H2,1-6H3/t16-,24?/m0/s1. The van der Waals surface area contributed by atoms with E-state index in [0.717, 1.165) is 30.5 Å². The highest BCUT2D eigenvalue weighted by Crippen LogP contribution is 2.47. The number of anilines is 1. The van der Waals surface area contributed by atoms with Crippen LogP contribution in [-0.2, 0) is 15.1 Å². The van der Waals surface area contributed by atoms with Crippen LogP contribution in [0.15, 0.2) is 12.1 Å². The highest BCUT2D eigenvalue weighted by molar-refractivity contribution is 5.71. The largest absolute Gasteiger partial charge is 0.444 e. The average molecular weight is 445 g/mol. The molecule has 2 atom stereocenters. The van der Waals surface area contributed by atoms with Gasteiger partial charge in [-0.1, -0.05) is 0 Å². The van der Waals surface area contributed by atoms with E-state index in [-0.39, 0.29) is 11.9 Å². The minimum atomic E-state index is -0.736. The molecule has 32 heavy (non-hydrogen) atoms. The maximum Gasteiger partial charge on any atom is 0.410 e. The number of carbonyl (C=O) groups is 1. The Kier molecular flexibility index (Phi) is 5.48. The van der Waals surface area contributed by atoms with Crippen molar-refractivity contribution < 1.29 is 18.7 Å². The lowest BCUT2D eigenvalue weighted by molar-refractivity contribution is -0.117. The zero-order valence-corrected chi connectivity index (χ0v) is 19.8. The molecule has 1 spiro atoms. The van der Waals surface area contributed by atoms with Gasteiger partial charge in [-0.3, -0.25) is 4.90 Å². The van der Waals surface area contributed by atoms with Crippen LogP contribution in [0.5, 0.6) is 0 Å². The molecular formula is C24H33FN4O3. The summed E-state index contributed by atoms with van der Waals surface area (Å²) in [7, 11) is 0. The van der Waals surface area contributed by atoms with Crippen molar-refractivity contribution in [2.45, 2.75) is 78.0 Å². The van der Waals surface area contributed by atoms with Gasteiger partial charge in [0.15, 0.2) is 0 Å². The smallest absolute Gasteiger partial charge is 0.410 e. The lowest BCUT2D eigenvalue weighted by atomic mass is 9.82. The highest BCUT2D eigenvalue weighted by Gasteiger charge is 2.50. The number of halogens is 1. The van der Waals surface area contributed by atoms with Crippen LogP contribution < -0.4 is 5.73 Å². The van der Waals surface area contributed by atoms with Crippen molar-refractivity contribution in [2.24, 2.45) is 0 Å². The summed E-state index contributed by atoms with van der Waals surface area (Å²) < 4.78 is 27.9. The number of ether oxygens (including phenoxy) is 2. The molecule has 2 aromatic rings. The summed E-state index contributed by atoms with van der Waals surface area (Å²) in [5.41, 5.74) is 8.56. The molecule has 1 amide bonds. The molecule has 1 fully saturated rings. The molecular weight excluding hydrogens is 411 g/mol. The first kappa shape index (κ1) is 22.6. The van der Waals surface area contributed by atoms with Gasteiger partial charge in [0.05, 0.1) is 18.3 Å². The fraction of sp³-hybridized carbons (Fsp3) is 0.583. The van der Waals surface area contributed by atoms with Crippen LogP contribution in [0, 0.1) is 19.7 Å². The van der Waals surface area contributed by atoms with Crippen LogP contribution in [0.2, 0.25) is 0 Å². The van der Waals surface area contributed by atoms with Gasteiger partial charge in [-0.05, 0) is 84.1 Å². The van der Waals surface area contributed by atoms with Crippen LogP contribution in [0.4, 0.5) is 15.0 Å². The van der Waals surface area contributed by atoms with Gasteiger partial charge in [0.25, 0.3) is 0 Å². The topological polar surface area (TPSA) is 82.6 Å². The Morgan fingerprint density at radius 2 is 1.94 bits per heavy atom. The third kappa shape index (κ3) is 3.74. The minimum Gasteiger partial charge on any atom is -0.444 e. The molecule has 3 heterocycles. The molecule has 0 bridgehead atoms. The minimum absolute atomic E-state index is 0.235. The maximum atomic E-state index is 14.2. The normalized spacial score (nSPS) is 23.3. The van der Waals surface area contributed by atoms with E-state index >= 15 is 0 Å². The summed E-state index contributed by atoms with van der Waals surface area (Å²) in [6, 6.07) is 3.14. The number of hydrogen-bond acceptors (Lipinski definition) is 5. The van der Waals surface area contributed by atoms with Crippen molar-refractivity contribution in [2.75, 3.05) is 18.9 Å². The lowest BCUT2D eigenvalue weighted by Crippen LogP contribution is -2.53. The van der Waals surface area contributed by atoms with Crippen LogP contribution in [-0.4, -0.2) is 39.5 Å². The van der Waals surface area contributed by atoms with Gasteiger partial charge in [0, 0.05) is 12.2 Å². The summed E-state index contributed by atoms with van der Waals surface area (Å²) in [5, 5.41) is 4.89. The third-order valence-corrected chi connectivity index (χ3v) is 6.35. The third-order valence-electron chi connectivity index (χ3n) is 6.35. The Bertz CT molecular complexity index is 1030. The van der Waals surface area contributed by atoms with Gasteiger partial charge in [0.1, 0.15) is 28.5 Å². The second-order valence-electron chi connectivity index (χ2n) is 10.0. The molecule has 8 heteroatoms. The molecule has 1 aromatic carbocycles. The summed E-state index contributed by atoms with van der Waals surface area (Å²) in [4.78, 5) is 14.8. The fourth-order valence-electron chi connectivity index (χ4n) is 4.78. The van der Waals surface area contributed by atoms with Gasteiger partial charge in [-0.25, -0.2) is 13.9 Å². The summed E-state index contributed by atoms with van der Waals surface area (Å²) in [5.74, 6) is 0.195. The van der Waals surface area contributed by atoms with E-state index in [0.29, 0.717) is 35.8 Å². The predicted octanol–water partition coefficient (Wildman–Crippen LogP) is 4.92. The van der Waals surface area contributed by atoms with Crippen LogP contribution in [0.3, 0.4) is 0 Å². The number of amides is 1. The van der Waals surface area contributed by atoms with Gasteiger partial charge in [-0.2, -0.15) is 5.10 Å². The van der Waals surface area contributed by atoms with E-state index < -0.39 is 17.3 Å². The van der Waals surface area contributed by atoms with Crippen LogP contribution in [0.1, 0.15) is 75.4 Å². The molecule has 0 aliphatic carbocycles. The highest BCUT2D eigenvalue weighted by atomic mass is 19.1. The Labute approximate surface area is 188 Å². The number of nitrogens with zero attached hydrogens (tertiary/aromatic N) is 3. The molecule has 1 aromatic heterocycles. The van der Waals surface area contributed by atoms with Gasteiger partial charge in [-0.15, -0.1) is 0 Å². The fourth-order valence-corrected chi connectivity index (χ4v) is 4.78. The maximum absolute atomic E-state index is 14.2. The zero-order chi connectivity index (χ0) is 23.4. The Hall–Kier alpha value is -2.61. The van der Waals surface area contributed by atoms with E-state index in [1.54, 1.807) is 35.6 Å². The van der Waals surface area contributed by atoms with E-state index in [1.807, 2.05) is 27.7 Å². The number of aryl methyl sites for hydroxylation is 2. The zero-order valence-electron chi connectivity index (χ0n) is 19.8. The molecule has 2 aliphatic rings. The van der Waals surface area contributed by atoms with E-state index in [2.05, 4.69) is 0 Å². The van der Waals surface area contributed by atoms with E-state index in [9.17, 15) is 9.18 Å². The van der Waals surface area contributed by atoms with Crippen molar-refractivity contribution in [3.63, 3.8) is 0 Å². The van der Waals surface area contributed by atoms with Crippen molar-refractivity contribution >= 4 is 11.9 Å². The molecule has 1 unspecified atom stereocenters. The molecule has 1 saturated heterocycles. The monoisotopic (exact) mass is 444 g/mol. The Morgan fingerprint density at radius 3 is 2.50 bits per heavy atom. The summed E-state index contributed by atoms with van der Waals surface area (Å²) in [6.07, 6.45) is 2.28. The van der Waals surface area contributed by atoms with Crippen molar-refractivity contribution in [3.8, 4) is 5.69 Å². The van der Waals surface area contributed by atoms with E-state index in [1.165, 1.54) is 0 Å². The predicted molar refractivity (Wildman–Crippen MR) is 120 cm³/mol. The Balaban J connectivity index is 1.85. The Morgan fingerprint density at radius 1 is 1.28 bits per heavy atom. The number of rotatable bonds is 1. The summed E-state index contributed by atoms with van der Waals surface area (Å²) >= 11 is 0. The molecule has 174 valence electrons. The van der Waals surface area contributed by atoms with Crippen LogP contribution >= 0.6 is 0 Å². The molecule has 0 radical (unpaired) electrons. The average Bonchev–Trinajstić information content (AvgIpc) is 3.06. The first-order valence-electron chi connectivity index (χ1n) is 11.2. The van der Waals surface area contributed by atoms with Crippen molar-refractivity contribution in [3.05, 3.63) is 40.3 Å². The number of benzene rings is 1. The van der Waals surface area contributed by atoms with Crippen LogP contribution in [0.25, 0.3) is 5.69 Å². The number of fused-ring (bicyclic) bond motifs is 2. The lowest BCUT2D eigenvalue weighted by Gasteiger charge is -2.46. The summed E-state index contributed by atoms with van der Waals surface area (Å²) in [6.45, 7) is 11.9. The molecule has 4 rings (SSSR count). The molecule has 2 N–H and O–H groups in total. The molecule has 7 nitrogen and oxygen atoms in total. The number of carbonyl (C=O) groups excluding carboxylic acids is 1. The van der Waals surface area contributed by atoms with E-state index in [4.69, 9.17) is 20.3 Å². The first-order valence-corrected chi connectivity index (χ1v) is 11.2.